The van der Waals surface area contributed by atoms with Gasteiger partial charge in [0, 0.05) is 17.7 Å². The number of aliphatic hydroxyl groups excluding tert-OH is 1. The molecule has 3 nitrogen and oxygen atoms in total. The van der Waals surface area contributed by atoms with Gasteiger partial charge in [0.05, 0.1) is 13.2 Å². The summed E-state index contributed by atoms with van der Waals surface area (Å²) >= 11 is 0. The number of benzene rings is 1. The number of hydrogen-bond acceptors (Lipinski definition) is 3. The average molecular weight is 292 g/mol. The van der Waals surface area contributed by atoms with Crippen molar-refractivity contribution in [2.75, 3.05) is 7.11 Å². The SMILES string of the molecule is COc1ccc([C@H](O)C[C@@H](N)C(C)(C)C)c(F)c1.Cl. The van der Waals surface area contributed by atoms with Crippen molar-refractivity contribution in [1.82, 2.24) is 0 Å². The van der Waals surface area contributed by atoms with E-state index in [1.54, 1.807) is 6.07 Å². The van der Waals surface area contributed by atoms with E-state index < -0.39 is 11.9 Å². The Balaban J connectivity index is 0.00000324. The van der Waals surface area contributed by atoms with Crippen LogP contribution >= 0.6 is 12.4 Å². The summed E-state index contributed by atoms with van der Waals surface area (Å²) in [6, 6.07) is 4.23. The average Bonchev–Trinajstić information content (AvgIpc) is 2.27. The lowest BCUT2D eigenvalue weighted by atomic mass is 9.83. The molecule has 0 bridgehead atoms. The van der Waals surface area contributed by atoms with E-state index in [0.717, 1.165) is 0 Å². The second kappa shape index (κ2) is 7.08. The van der Waals surface area contributed by atoms with Crippen LogP contribution in [0.15, 0.2) is 18.2 Å². The second-order valence-corrected chi connectivity index (χ2v) is 5.61. The Kier molecular flexibility index (Phi) is 6.77. The van der Waals surface area contributed by atoms with Crippen molar-refractivity contribution in [1.29, 1.82) is 0 Å². The molecule has 1 aromatic rings. The Labute approximate surface area is 120 Å². The molecule has 0 spiro atoms. The summed E-state index contributed by atoms with van der Waals surface area (Å²) in [7, 11) is 1.47. The molecule has 5 heteroatoms. The Hall–Kier alpha value is -0.840. The number of hydrogen-bond donors (Lipinski definition) is 2. The molecule has 19 heavy (non-hydrogen) atoms. The van der Waals surface area contributed by atoms with Crippen LogP contribution in [0, 0.1) is 11.2 Å². The van der Waals surface area contributed by atoms with Crippen LogP contribution in [0.4, 0.5) is 4.39 Å². The second-order valence-electron chi connectivity index (χ2n) is 5.61. The number of ether oxygens (including phenoxy) is 1. The molecule has 110 valence electrons. The molecule has 0 amide bonds. The van der Waals surface area contributed by atoms with Crippen molar-refractivity contribution in [2.24, 2.45) is 11.1 Å². The maximum Gasteiger partial charge on any atom is 0.132 e. The van der Waals surface area contributed by atoms with Crippen molar-refractivity contribution in [3.05, 3.63) is 29.6 Å². The standard InChI is InChI=1S/C14H22FNO2.ClH/c1-14(2,3)13(16)8-12(17)10-6-5-9(18-4)7-11(10)15;/h5-7,12-13,17H,8,16H2,1-4H3;1H/t12-,13-;/m1./s1. The highest BCUT2D eigenvalue weighted by Gasteiger charge is 2.25. The van der Waals surface area contributed by atoms with Gasteiger partial charge in [0.15, 0.2) is 0 Å². The molecule has 2 atom stereocenters. The molecular formula is C14H23ClFNO2. The molecule has 0 radical (unpaired) electrons. The highest BCUT2D eigenvalue weighted by Crippen LogP contribution is 2.29. The normalized spacial score (nSPS) is 14.5. The van der Waals surface area contributed by atoms with Gasteiger partial charge in [0.2, 0.25) is 0 Å². The zero-order valence-corrected chi connectivity index (χ0v) is 12.6. The predicted molar refractivity (Wildman–Crippen MR) is 77.2 cm³/mol. The van der Waals surface area contributed by atoms with E-state index in [2.05, 4.69) is 0 Å². The zero-order valence-electron chi connectivity index (χ0n) is 11.8. The Morgan fingerprint density at radius 3 is 2.37 bits per heavy atom. The van der Waals surface area contributed by atoms with Crippen LogP contribution in [-0.4, -0.2) is 18.3 Å². The molecule has 0 aromatic heterocycles. The van der Waals surface area contributed by atoms with Crippen molar-refractivity contribution in [3.8, 4) is 5.75 Å². The van der Waals surface area contributed by atoms with Crippen molar-refractivity contribution in [3.63, 3.8) is 0 Å². The van der Waals surface area contributed by atoms with E-state index in [0.29, 0.717) is 12.2 Å². The first kappa shape index (κ1) is 18.2. The molecular weight excluding hydrogens is 269 g/mol. The topological polar surface area (TPSA) is 55.5 Å². The Morgan fingerprint density at radius 1 is 1.37 bits per heavy atom. The highest BCUT2D eigenvalue weighted by atomic mass is 35.5. The number of rotatable bonds is 4. The first-order valence-electron chi connectivity index (χ1n) is 6.02. The van der Waals surface area contributed by atoms with Crippen LogP contribution in [0.5, 0.6) is 5.75 Å². The molecule has 3 N–H and O–H groups in total. The Bertz CT molecular complexity index is 407. The molecule has 1 aromatic carbocycles. The number of nitrogens with two attached hydrogens (primary N) is 1. The number of halogens is 2. The quantitative estimate of drug-likeness (QED) is 0.896. The molecule has 0 unspecified atom stereocenters. The fraction of sp³-hybridized carbons (Fsp3) is 0.571. The predicted octanol–water partition coefficient (Wildman–Crippen LogP) is 3.05. The van der Waals surface area contributed by atoms with Crippen LogP contribution in [0.1, 0.15) is 38.9 Å². The monoisotopic (exact) mass is 291 g/mol. The summed E-state index contributed by atoms with van der Waals surface area (Å²) < 4.78 is 18.7. The van der Waals surface area contributed by atoms with Gasteiger partial charge in [-0.2, -0.15) is 0 Å². The number of methoxy groups -OCH3 is 1. The smallest absolute Gasteiger partial charge is 0.132 e. The minimum Gasteiger partial charge on any atom is -0.497 e. The molecule has 0 aliphatic rings. The minimum absolute atomic E-state index is 0. The van der Waals surface area contributed by atoms with Gasteiger partial charge < -0.3 is 15.6 Å². The fourth-order valence-electron chi connectivity index (χ4n) is 1.63. The van der Waals surface area contributed by atoms with Crippen LogP contribution in [-0.2, 0) is 0 Å². The van der Waals surface area contributed by atoms with E-state index in [-0.39, 0.29) is 29.4 Å². The number of aliphatic hydroxyl groups is 1. The minimum atomic E-state index is -0.898. The summed E-state index contributed by atoms with van der Waals surface area (Å²) in [6.45, 7) is 5.98. The summed E-state index contributed by atoms with van der Waals surface area (Å²) in [5.41, 5.74) is 6.13. The van der Waals surface area contributed by atoms with E-state index in [4.69, 9.17) is 10.5 Å². The van der Waals surface area contributed by atoms with Crippen LogP contribution in [0.3, 0.4) is 0 Å². The van der Waals surface area contributed by atoms with Gasteiger partial charge in [-0.3, -0.25) is 0 Å². The maximum absolute atomic E-state index is 13.8. The van der Waals surface area contributed by atoms with Gasteiger partial charge in [-0.05, 0) is 24.0 Å². The summed E-state index contributed by atoms with van der Waals surface area (Å²) in [5.74, 6) is -0.0356. The lowest BCUT2D eigenvalue weighted by molar-refractivity contribution is 0.130. The van der Waals surface area contributed by atoms with E-state index in [9.17, 15) is 9.50 Å². The van der Waals surface area contributed by atoms with Crippen LogP contribution in [0.25, 0.3) is 0 Å². The summed E-state index contributed by atoms with van der Waals surface area (Å²) in [6.07, 6.45) is -0.572. The van der Waals surface area contributed by atoms with Crippen LogP contribution < -0.4 is 10.5 Å². The summed E-state index contributed by atoms with van der Waals surface area (Å²) in [5, 5.41) is 10.0. The molecule has 1 rings (SSSR count). The van der Waals surface area contributed by atoms with E-state index in [1.807, 2.05) is 20.8 Å². The van der Waals surface area contributed by atoms with Gasteiger partial charge in [-0.1, -0.05) is 20.8 Å². The molecule has 0 fully saturated rings. The van der Waals surface area contributed by atoms with Gasteiger partial charge in [-0.15, -0.1) is 12.4 Å². The lowest BCUT2D eigenvalue weighted by Crippen LogP contribution is -2.36. The zero-order chi connectivity index (χ0) is 13.9. The summed E-state index contributed by atoms with van der Waals surface area (Å²) in [4.78, 5) is 0. The first-order valence-corrected chi connectivity index (χ1v) is 6.02. The molecule has 0 heterocycles. The van der Waals surface area contributed by atoms with Gasteiger partial charge in [-0.25, -0.2) is 4.39 Å². The lowest BCUT2D eigenvalue weighted by Gasteiger charge is -2.29. The van der Waals surface area contributed by atoms with Crippen LogP contribution in [0.2, 0.25) is 0 Å². The van der Waals surface area contributed by atoms with Crippen molar-refractivity contribution in [2.45, 2.75) is 39.3 Å². The van der Waals surface area contributed by atoms with Crippen molar-refractivity contribution >= 4 is 12.4 Å². The maximum atomic E-state index is 13.8. The highest BCUT2D eigenvalue weighted by molar-refractivity contribution is 5.85. The van der Waals surface area contributed by atoms with Gasteiger partial charge >= 0.3 is 0 Å². The van der Waals surface area contributed by atoms with Gasteiger partial charge in [0.1, 0.15) is 11.6 Å². The van der Waals surface area contributed by atoms with Gasteiger partial charge in [0.25, 0.3) is 0 Å². The fourth-order valence-corrected chi connectivity index (χ4v) is 1.63. The molecule has 0 saturated carbocycles. The molecule has 0 aliphatic carbocycles. The van der Waals surface area contributed by atoms with E-state index >= 15 is 0 Å². The molecule has 0 aliphatic heterocycles. The van der Waals surface area contributed by atoms with Crippen molar-refractivity contribution < 1.29 is 14.2 Å². The van der Waals surface area contributed by atoms with E-state index in [1.165, 1.54) is 19.2 Å². The Morgan fingerprint density at radius 2 is 1.95 bits per heavy atom. The molecule has 0 saturated heterocycles. The third kappa shape index (κ3) is 4.97. The third-order valence-corrected chi connectivity index (χ3v) is 3.16. The first-order chi connectivity index (χ1) is 8.25. The largest absolute Gasteiger partial charge is 0.497 e. The third-order valence-electron chi connectivity index (χ3n) is 3.16.